The lowest BCUT2D eigenvalue weighted by molar-refractivity contribution is -0.120. The Balaban J connectivity index is 1.59. The molecule has 3 N–H and O–H groups in total. The van der Waals surface area contributed by atoms with Gasteiger partial charge in [-0.2, -0.15) is 0 Å². The van der Waals surface area contributed by atoms with Crippen LogP contribution in [0.1, 0.15) is 18.4 Å². The number of amides is 3. The van der Waals surface area contributed by atoms with E-state index >= 15 is 0 Å². The van der Waals surface area contributed by atoms with Gasteiger partial charge in [0.1, 0.15) is 5.75 Å². The first-order chi connectivity index (χ1) is 11.2. The summed E-state index contributed by atoms with van der Waals surface area (Å²) in [6.45, 7) is 1.57. The molecule has 3 amide bonds. The minimum atomic E-state index is -0.361. The second-order valence-electron chi connectivity index (χ2n) is 5.32. The van der Waals surface area contributed by atoms with Gasteiger partial charge in [-0.1, -0.05) is 12.1 Å². The third-order valence-electron chi connectivity index (χ3n) is 3.57. The molecule has 7 nitrogen and oxygen atoms in total. The zero-order valence-electron chi connectivity index (χ0n) is 13.3. The van der Waals surface area contributed by atoms with Gasteiger partial charge in [-0.15, -0.1) is 0 Å². The highest BCUT2D eigenvalue weighted by Gasteiger charge is 2.16. The fourth-order valence-electron chi connectivity index (χ4n) is 2.24. The van der Waals surface area contributed by atoms with Crippen LogP contribution in [0.15, 0.2) is 24.3 Å². The van der Waals surface area contributed by atoms with E-state index in [-0.39, 0.29) is 24.6 Å². The van der Waals surface area contributed by atoms with Crippen LogP contribution in [0.4, 0.5) is 4.79 Å². The molecule has 0 spiro atoms. The third kappa shape index (κ3) is 6.15. The van der Waals surface area contributed by atoms with Crippen LogP contribution in [0.2, 0.25) is 0 Å². The molecule has 126 valence electrons. The van der Waals surface area contributed by atoms with Crippen molar-refractivity contribution in [3.05, 3.63) is 29.8 Å². The highest BCUT2D eigenvalue weighted by atomic mass is 16.5. The zero-order valence-corrected chi connectivity index (χ0v) is 13.3. The largest absolute Gasteiger partial charge is 0.497 e. The fraction of sp³-hybridized carbons (Fsp3) is 0.500. The average Bonchev–Trinajstić information content (AvgIpc) is 3.10. The van der Waals surface area contributed by atoms with Crippen LogP contribution in [0.3, 0.4) is 0 Å². The summed E-state index contributed by atoms with van der Waals surface area (Å²) in [5, 5.41) is 7.96. The van der Waals surface area contributed by atoms with Gasteiger partial charge in [0.15, 0.2) is 0 Å². The summed E-state index contributed by atoms with van der Waals surface area (Å²) >= 11 is 0. The highest BCUT2D eigenvalue weighted by molar-refractivity contribution is 5.83. The maximum Gasteiger partial charge on any atom is 0.315 e. The van der Waals surface area contributed by atoms with Crippen LogP contribution in [0.25, 0.3) is 0 Å². The average molecular weight is 321 g/mol. The van der Waals surface area contributed by atoms with Gasteiger partial charge >= 0.3 is 6.03 Å². The Bertz CT molecular complexity index is 513. The molecule has 23 heavy (non-hydrogen) atoms. The molecule has 0 aliphatic carbocycles. The maximum atomic E-state index is 11.7. The standard InChI is InChI=1S/C16H23N3O4/c1-22-13-6-4-12(5-7-13)9-17-15(20)11-19-16(21)18-10-14-3-2-8-23-14/h4-7,14H,2-3,8-11H2,1H3,(H,17,20)(H2,18,19,21)/t14-/m0/s1. The van der Waals surface area contributed by atoms with E-state index < -0.39 is 0 Å². The third-order valence-corrected chi connectivity index (χ3v) is 3.57. The van der Waals surface area contributed by atoms with Crippen LogP contribution in [-0.2, 0) is 16.1 Å². The lowest BCUT2D eigenvalue weighted by atomic mass is 10.2. The first kappa shape index (κ1) is 17.1. The minimum absolute atomic E-state index is 0.0620. The Morgan fingerprint density at radius 3 is 2.65 bits per heavy atom. The molecule has 0 saturated carbocycles. The summed E-state index contributed by atoms with van der Waals surface area (Å²) in [5.74, 6) is 0.526. The Morgan fingerprint density at radius 2 is 2.00 bits per heavy atom. The second-order valence-corrected chi connectivity index (χ2v) is 5.32. The van der Waals surface area contributed by atoms with Crippen molar-refractivity contribution in [1.29, 1.82) is 0 Å². The van der Waals surface area contributed by atoms with Gasteiger partial charge < -0.3 is 25.4 Å². The van der Waals surface area contributed by atoms with Crippen molar-refractivity contribution in [2.45, 2.75) is 25.5 Å². The van der Waals surface area contributed by atoms with Gasteiger partial charge in [0.25, 0.3) is 0 Å². The summed E-state index contributed by atoms with van der Waals surface area (Å²) in [6, 6.07) is 7.05. The number of nitrogens with one attached hydrogen (secondary N) is 3. The smallest absolute Gasteiger partial charge is 0.315 e. The van der Waals surface area contributed by atoms with Gasteiger partial charge in [0.2, 0.25) is 5.91 Å². The number of urea groups is 1. The van der Waals surface area contributed by atoms with E-state index in [0.29, 0.717) is 13.1 Å². The summed E-state index contributed by atoms with van der Waals surface area (Å²) in [5.41, 5.74) is 0.960. The van der Waals surface area contributed by atoms with Gasteiger partial charge in [0.05, 0.1) is 19.8 Å². The number of rotatable bonds is 7. The molecule has 1 aliphatic rings. The lowest BCUT2D eigenvalue weighted by Gasteiger charge is -2.12. The van der Waals surface area contributed by atoms with Crippen LogP contribution >= 0.6 is 0 Å². The molecule has 1 aromatic rings. The van der Waals surface area contributed by atoms with Crippen LogP contribution < -0.4 is 20.7 Å². The van der Waals surface area contributed by atoms with E-state index in [0.717, 1.165) is 30.8 Å². The number of hydrogen-bond acceptors (Lipinski definition) is 4. The molecule has 0 bridgehead atoms. The van der Waals surface area contributed by atoms with E-state index in [1.54, 1.807) is 7.11 Å². The predicted molar refractivity (Wildman–Crippen MR) is 85.2 cm³/mol. The van der Waals surface area contributed by atoms with Crippen molar-refractivity contribution in [3.63, 3.8) is 0 Å². The molecule has 0 aromatic heterocycles. The van der Waals surface area contributed by atoms with Gasteiger partial charge in [-0.05, 0) is 30.5 Å². The van der Waals surface area contributed by atoms with E-state index in [1.807, 2.05) is 24.3 Å². The second kappa shape index (κ2) is 8.99. The van der Waals surface area contributed by atoms with Crippen molar-refractivity contribution < 1.29 is 19.1 Å². The number of carbonyl (C=O) groups excluding carboxylic acids is 2. The van der Waals surface area contributed by atoms with Gasteiger partial charge in [-0.3, -0.25) is 4.79 Å². The molecule has 1 aliphatic heterocycles. The monoisotopic (exact) mass is 321 g/mol. The van der Waals surface area contributed by atoms with Crippen LogP contribution in [-0.4, -0.2) is 44.8 Å². The molecule has 0 radical (unpaired) electrons. The first-order valence-electron chi connectivity index (χ1n) is 7.70. The first-order valence-corrected chi connectivity index (χ1v) is 7.70. The Morgan fingerprint density at radius 1 is 1.22 bits per heavy atom. The summed E-state index contributed by atoms with van der Waals surface area (Å²) in [4.78, 5) is 23.3. The summed E-state index contributed by atoms with van der Waals surface area (Å²) in [7, 11) is 1.60. The number of methoxy groups -OCH3 is 1. The number of hydrogen-bond donors (Lipinski definition) is 3. The Hall–Kier alpha value is -2.28. The van der Waals surface area contributed by atoms with Gasteiger partial charge in [-0.25, -0.2) is 4.79 Å². The molecule has 7 heteroatoms. The molecule has 2 rings (SSSR count). The van der Waals surface area contributed by atoms with Crippen molar-refractivity contribution in [2.75, 3.05) is 26.8 Å². The van der Waals surface area contributed by atoms with Crippen molar-refractivity contribution in [2.24, 2.45) is 0 Å². The molecule has 1 fully saturated rings. The zero-order chi connectivity index (χ0) is 16.5. The normalized spacial score (nSPS) is 16.7. The molecule has 0 unspecified atom stereocenters. The van der Waals surface area contributed by atoms with Crippen molar-refractivity contribution >= 4 is 11.9 Å². The number of ether oxygens (including phenoxy) is 2. The lowest BCUT2D eigenvalue weighted by Crippen LogP contribution is -2.43. The SMILES string of the molecule is COc1ccc(CNC(=O)CNC(=O)NC[C@@H]2CCCO2)cc1. The maximum absolute atomic E-state index is 11.7. The number of carbonyl (C=O) groups is 2. The van der Waals surface area contributed by atoms with Gasteiger partial charge in [0, 0.05) is 19.7 Å². The molecule has 1 aromatic carbocycles. The molecule has 1 saturated heterocycles. The Labute approximate surface area is 135 Å². The van der Waals surface area contributed by atoms with Crippen LogP contribution in [0, 0.1) is 0 Å². The highest BCUT2D eigenvalue weighted by Crippen LogP contribution is 2.11. The predicted octanol–water partition coefficient (Wildman–Crippen LogP) is 0.790. The molecular weight excluding hydrogens is 298 g/mol. The Kier molecular flexibility index (Phi) is 6.68. The van der Waals surface area contributed by atoms with E-state index in [9.17, 15) is 9.59 Å². The van der Waals surface area contributed by atoms with Crippen molar-refractivity contribution in [1.82, 2.24) is 16.0 Å². The van der Waals surface area contributed by atoms with E-state index in [2.05, 4.69) is 16.0 Å². The van der Waals surface area contributed by atoms with Crippen LogP contribution in [0.5, 0.6) is 5.75 Å². The quantitative estimate of drug-likeness (QED) is 0.693. The number of benzene rings is 1. The van der Waals surface area contributed by atoms with E-state index in [4.69, 9.17) is 9.47 Å². The molecule has 1 atom stereocenters. The summed E-state index contributed by atoms with van der Waals surface area (Å²) < 4.78 is 10.5. The van der Waals surface area contributed by atoms with Crippen molar-refractivity contribution in [3.8, 4) is 5.75 Å². The van der Waals surface area contributed by atoms with E-state index in [1.165, 1.54) is 0 Å². The summed E-state index contributed by atoms with van der Waals surface area (Å²) in [6.07, 6.45) is 2.08. The molecular formula is C16H23N3O4. The molecule has 1 heterocycles. The minimum Gasteiger partial charge on any atom is -0.497 e. The fourth-order valence-corrected chi connectivity index (χ4v) is 2.24. The topological polar surface area (TPSA) is 88.7 Å².